The summed E-state index contributed by atoms with van der Waals surface area (Å²) in [5.74, 6) is -0.0690. The number of ether oxygens (including phenoxy) is 1. The van der Waals surface area contributed by atoms with Gasteiger partial charge in [0.05, 0.1) is 12.7 Å². The second-order valence-electron chi connectivity index (χ2n) is 7.55. The smallest absolute Gasteiger partial charge is 0.345 e. The molecule has 6 nitrogen and oxygen atoms in total. The molecule has 1 amide bonds. The number of hydrogen-bond acceptors (Lipinski definition) is 4. The summed E-state index contributed by atoms with van der Waals surface area (Å²) in [5.41, 5.74) is 6.42. The van der Waals surface area contributed by atoms with Gasteiger partial charge < -0.3 is 10.5 Å². The molecule has 0 saturated heterocycles. The minimum Gasteiger partial charge on any atom is -0.369 e. The molecule has 1 aromatic carbocycles. The largest absolute Gasteiger partial charge is 0.369 e. The third-order valence-corrected chi connectivity index (χ3v) is 6.33. The van der Waals surface area contributed by atoms with E-state index in [1.54, 1.807) is 19.2 Å². The van der Waals surface area contributed by atoms with Gasteiger partial charge in [-0.05, 0) is 43.2 Å². The molecule has 2 spiro atoms. The van der Waals surface area contributed by atoms with E-state index in [1.165, 1.54) is 4.90 Å². The number of nitrogens with two attached hydrogens (primary N) is 1. The molecule has 8 heteroatoms. The van der Waals surface area contributed by atoms with E-state index in [2.05, 4.69) is 9.84 Å². The standard InChI is InChI=1S/C19H20F2N4O2/c1-23-12-4-3-11-10-18(7-5-13(6-8-18)27-16(20)21)19(14(11)9-12)15(26)25(2)17(22)24-19/h3-4,9,13,16H,5-8,10H2,2H3,(H2,22,24). The quantitative estimate of drug-likeness (QED) is 0.809. The van der Waals surface area contributed by atoms with Crippen LogP contribution in [0.2, 0.25) is 0 Å². The van der Waals surface area contributed by atoms with Crippen LogP contribution in [0.1, 0.15) is 36.8 Å². The Balaban J connectivity index is 1.80. The highest BCUT2D eigenvalue weighted by Gasteiger charge is 2.66. The number of halogens is 2. The van der Waals surface area contributed by atoms with Gasteiger partial charge in [0.15, 0.2) is 17.2 Å². The number of alkyl halides is 2. The van der Waals surface area contributed by atoms with Crippen molar-refractivity contribution in [3.63, 3.8) is 0 Å². The van der Waals surface area contributed by atoms with Crippen molar-refractivity contribution in [3.8, 4) is 0 Å². The number of carbonyl (C=O) groups is 1. The van der Waals surface area contributed by atoms with Crippen molar-refractivity contribution < 1.29 is 18.3 Å². The topological polar surface area (TPSA) is 72.3 Å². The van der Waals surface area contributed by atoms with Gasteiger partial charge in [-0.25, -0.2) is 9.84 Å². The van der Waals surface area contributed by atoms with Gasteiger partial charge in [0.2, 0.25) is 0 Å². The van der Waals surface area contributed by atoms with Crippen LogP contribution in [0.3, 0.4) is 0 Å². The van der Waals surface area contributed by atoms with Crippen molar-refractivity contribution in [2.45, 2.75) is 50.4 Å². The van der Waals surface area contributed by atoms with Crippen molar-refractivity contribution in [1.29, 1.82) is 0 Å². The molecule has 1 atom stereocenters. The van der Waals surface area contributed by atoms with Gasteiger partial charge in [-0.2, -0.15) is 8.78 Å². The third-order valence-electron chi connectivity index (χ3n) is 6.33. The van der Waals surface area contributed by atoms with Gasteiger partial charge in [0.1, 0.15) is 0 Å². The van der Waals surface area contributed by atoms with E-state index in [0.717, 1.165) is 11.1 Å². The van der Waals surface area contributed by atoms with Crippen LogP contribution in [-0.4, -0.2) is 36.5 Å². The van der Waals surface area contributed by atoms with E-state index in [9.17, 15) is 13.6 Å². The Kier molecular flexibility index (Phi) is 3.96. The first kappa shape index (κ1) is 17.9. The zero-order chi connectivity index (χ0) is 19.4. The van der Waals surface area contributed by atoms with E-state index in [4.69, 9.17) is 17.0 Å². The zero-order valence-electron chi connectivity index (χ0n) is 14.9. The zero-order valence-corrected chi connectivity index (χ0v) is 14.9. The molecule has 2 aliphatic carbocycles. The lowest BCUT2D eigenvalue weighted by atomic mass is 9.61. The molecule has 0 bridgehead atoms. The summed E-state index contributed by atoms with van der Waals surface area (Å²) in [6.45, 7) is 4.51. The Morgan fingerprint density at radius 2 is 2.11 bits per heavy atom. The van der Waals surface area contributed by atoms with Crippen LogP contribution in [-0.2, 0) is 21.5 Å². The summed E-state index contributed by atoms with van der Waals surface area (Å²) >= 11 is 0. The van der Waals surface area contributed by atoms with Gasteiger partial charge in [0, 0.05) is 12.5 Å². The second kappa shape index (κ2) is 5.99. The Labute approximate surface area is 155 Å². The van der Waals surface area contributed by atoms with Gasteiger partial charge >= 0.3 is 6.61 Å². The van der Waals surface area contributed by atoms with Crippen LogP contribution in [0, 0.1) is 12.0 Å². The van der Waals surface area contributed by atoms with Crippen molar-refractivity contribution >= 4 is 17.6 Å². The summed E-state index contributed by atoms with van der Waals surface area (Å²) in [5, 5.41) is 0. The predicted octanol–water partition coefficient (Wildman–Crippen LogP) is 2.94. The Morgan fingerprint density at radius 3 is 2.67 bits per heavy atom. The molecular weight excluding hydrogens is 354 g/mol. The summed E-state index contributed by atoms with van der Waals surface area (Å²) in [6.07, 6.45) is 2.01. The van der Waals surface area contributed by atoms with E-state index < -0.39 is 23.7 Å². The molecule has 0 radical (unpaired) electrons. The Morgan fingerprint density at radius 1 is 1.41 bits per heavy atom. The van der Waals surface area contributed by atoms with Crippen LogP contribution < -0.4 is 5.73 Å². The van der Waals surface area contributed by atoms with Crippen molar-refractivity contribution in [3.05, 3.63) is 40.7 Å². The summed E-state index contributed by atoms with van der Waals surface area (Å²) in [4.78, 5) is 22.8. The molecule has 1 fully saturated rings. The molecule has 1 heterocycles. The summed E-state index contributed by atoms with van der Waals surface area (Å²) in [7, 11) is 1.59. The first-order valence-electron chi connectivity index (χ1n) is 8.91. The molecule has 1 saturated carbocycles. The van der Waals surface area contributed by atoms with E-state index in [-0.39, 0.29) is 11.9 Å². The fourth-order valence-electron chi connectivity index (χ4n) is 5.03. The number of carbonyl (C=O) groups excluding carboxylic acids is 1. The normalized spacial score (nSPS) is 32.3. The summed E-state index contributed by atoms with van der Waals surface area (Å²) < 4.78 is 29.9. The lowest BCUT2D eigenvalue weighted by Gasteiger charge is -2.45. The molecule has 1 unspecified atom stereocenters. The number of amides is 1. The molecule has 142 valence electrons. The first-order chi connectivity index (χ1) is 12.8. The van der Waals surface area contributed by atoms with Crippen LogP contribution in [0.5, 0.6) is 0 Å². The van der Waals surface area contributed by atoms with Crippen LogP contribution >= 0.6 is 0 Å². The SMILES string of the molecule is [C-]#[N+]c1ccc2c(c1)C1(N=C(N)N(C)C1=O)C1(CCC(OC(F)F)CC1)C2. The Hall–Kier alpha value is -2.53. The Bertz CT molecular complexity index is 871. The third kappa shape index (κ3) is 2.38. The number of hydrogen-bond donors (Lipinski definition) is 1. The lowest BCUT2D eigenvalue weighted by Crippen LogP contribution is -2.51. The summed E-state index contributed by atoms with van der Waals surface area (Å²) in [6, 6.07) is 5.34. The molecule has 27 heavy (non-hydrogen) atoms. The molecule has 4 rings (SSSR count). The molecule has 2 N–H and O–H groups in total. The number of aliphatic imine (C=N–C) groups is 1. The average Bonchev–Trinajstić information content (AvgIpc) is 3.04. The number of benzene rings is 1. The van der Waals surface area contributed by atoms with Gasteiger partial charge in [-0.1, -0.05) is 18.2 Å². The maximum Gasteiger partial charge on any atom is 0.345 e. The highest BCUT2D eigenvalue weighted by Crippen LogP contribution is 2.62. The van der Waals surface area contributed by atoms with E-state index >= 15 is 0 Å². The van der Waals surface area contributed by atoms with Gasteiger partial charge in [-0.3, -0.25) is 9.69 Å². The minimum atomic E-state index is -2.80. The number of nitrogens with zero attached hydrogens (tertiary/aromatic N) is 3. The van der Waals surface area contributed by atoms with Crippen molar-refractivity contribution in [2.24, 2.45) is 16.1 Å². The van der Waals surface area contributed by atoms with Crippen LogP contribution in [0.4, 0.5) is 14.5 Å². The van der Waals surface area contributed by atoms with Gasteiger partial charge in [0.25, 0.3) is 5.91 Å². The maximum absolute atomic E-state index is 13.3. The van der Waals surface area contributed by atoms with Crippen LogP contribution in [0.15, 0.2) is 23.2 Å². The number of likely N-dealkylation sites (N-methyl/N-ethyl adjacent to an activating group) is 1. The fourth-order valence-corrected chi connectivity index (χ4v) is 5.03. The number of fused-ring (bicyclic) bond motifs is 3. The highest BCUT2D eigenvalue weighted by atomic mass is 19.3. The predicted molar refractivity (Wildman–Crippen MR) is 94.3 cm³/mol. The maximum atomic E-state index is 13.3. The minimum absolute atomic E-state index is 0.145. The van der Waals surface area contributed by atoms with E-state index in [0.29, 0.717) is 37.8 Å². The molecular formula is C19H20F2N4O2. The molecule has 0 aromatic heterocycles. The monoisotopic (exact) mass is 374 g/mol. The fraction of sp³-hybridized carbons (Fsp3) is 0.526. The number of guanidine groups is 1. The second-order valence-corrected chi connectivity index (χ2v) is 7.55. The van der Waals surface area contributed by atoms with Crippen LogP contribution in [0.25, 0.3) is 4.85 Å². The van der Waals surface area contributed by atoms with E-state index in [1.807, 2.05) is 6.07 Å². The highest BCUT2D eigenvalue weighted by molar-refractivity contribution is 6.08. The van der Waals surface area contributed by atoms with Crippen molar-refractivity contribution in [2.75, 3.05) is 7.05 Å². The molecule has 1 aliphatic heterocycles. The molecule has 3 aliphatic rings. The van der Waals surface area contributed by atoms with Gasteiger partial charge in [-0.15, -0.1) is 0 Å². The first-order valence-corrected chi connectivity index (χ1v) is 8.91. The lowest BCUT2D eigenvalue weighted by molar-refractivity contribution is -0.178. The van der Waals surface area contributed by atoms with Crippen molar-refractivity contribution in [1.82, 2.24) is 4.90 Å². The molecule has 1 aromatic rings. The number of rotatable bonds is 2. The average molecular weight is 374 g/mol.